The molecular weight excluding hydrogens is 198 g/mol. The van der Waals surface area contributed by atoms with Gasteiger partial charge in [-0.05, 0) is 65.3 Å². The monoisotopic (exact) mass is 225 g/mol. The number of piperidine rings is 2. The minimum atomic E-state index is 0.742. The highest BCUT2D eigenvalue weighted by atomic mass is 15.1. The van der Waals surface area contributed by atoms with E-state index in [-0.39, 0.29) is 0 Å². The lowest BCUT2D eigenvalue weighted by Crippen LogP contribution is -2.47. The van der Waals surface area contributed by atoms with Gasteiger partial charge in [-0.2, -0.15) is 0 Å². The lowest BCUT2D eigenvalue weighted by atomic mass is 9.97. The summed E-state index contributed by atoms with van der Waals surface area (Å²) in [5, 5.41) is 3.77. The fraction of sp³-hybridized carbons (Fsp3) is 1.00. The maximum absolute atomic E-state index is 3.77. The molecule has 2 atom stereocenters. The molecule has 0 aromatic rings. The fourth-order valence-electron chi connectivity index (χ4n) is 3.11. The number of hydrogen-bond acceptors (Lipinski definition) is 3. The van der Waals surface area contributed by atoms with Gasteiger partial charge in [0.25, 0.3) is 0 Å². The third-order valence-electron chi connectivity index (χ3n) is 4.04. The van der Waals surface area contributed by atoms with Gasteiger partial charge in [-0.3, -0.25) is 0 Å². The lowest BCUT2D eigenvalue weighted by Gasteiger charge is -2.34. The van der Waals surface area contributed by atoms with E-state index in [9.17, 15) is 0 Å². The van der Waals surface area contributed by atoms with E-state index in [2.05, 4.69) is 29.2 Å². The van der Waals surface area contributed by atoms with Crippen LogP contribution in [0.2, 0.25) is 0 Å². The Bertz CT molecular complexity index is 185. The van der Waals surface area contributed by atoms with E-state index in [1.54, 1.807) is 0 Å². The van der Waals surface area contributed by atoms with Gasteiger partial charge in [0, 0.05) is 19.1 Å². The smallest absolute Gasteiger partial charge is 0.0195 e. The quantitative estimate of drug-likeness (QED) is 0.773. The van der Waals surface area contributed by atoms with E-state index in [1.165, 1.54) is 58.4 Å². The van der Waals surface area contributed by atoms with Crippen molar-refractivity contribution in [2.45, 2.75) is 31.7 Å². The summed E-state index contributed by atoms with van der Waals surface area (Å²) in [4.78, 5) is 4.93. The number of hydrogen-bond donors (Lipinski definition) is 1. The minimum Gasteiger partial charge on any atom is -0.312 e. The van der Waals surface area contributed by atoms with Crippen LogP contribution in [0.1, 0.15) is 25.7 Å². The summed E-state index contributed by atoms with van der Waals surface area (Å²) >= 11 is 0. The second-order valence-corrected chi connectivity index (χ2v) is 5.78. The fourth-order valence-corrected chi connectivity index (χ4v) is 3.11. The second kappa shape index (κ2) is 5.99. The van der Waals surface area contributed by atoms with E-state index in [0.29, 0.717) is 0 Å². The Morgan fingerprint density at radius 2 is 1.69 bits per heavy atom. The predicted molar refractivity (Wildman–Crippen MR) is 68.7 cm³/mol. The number of likely N-dealkylation sites (tertiary alicyclic amines) is 2. The first-order chi connectivity index (χ1) is 7.74. The van der Waals surface area contributed by atoms with Gasteiger partial charge in [0.05, 0.1) is 0 Å². The third-order valence-corrected chi connectivity index (χ3v) is 4.04. The van der Waals surface area contributed by atoms with Gasteiger partial charge in [-0.1, -0.05) is 0 Å². The molecule has 3 nitrogen and oxygen atoms in total. The molecule has 94 valence electrons. The van der Waals surface area contributed by atoms with Crippen LogP contribution in [0.5, 0.6) is 0 Å². The van der Waals surface area contributed by atoms with Gasteiger partial charge in [0.1, 0.15) is 0 Å². The molecular formula is C13H27N3. The molecule has 2 aliphatic heterocycles. The van der Waals surface area contributed by atoms with E-state index >= 15 is 0 Å². The Labute approximate surface area is 100 Å². The highest BCUT2D eigenvalue weighted by Crippen LogP contribution is 2.15. The van der Waals surface area contributed by atoms with Crippen molar-refractivity contribution in [1.29, 1.82) is 0 Å². The summed E-state index contributed by atoms with van der Waals surface area (Å²) < 4.78 is 0. The molecule has 1 N–H and O–H groups in total. The summed E-state index contributed by atoms with van der Waals surface area (Å²) in [5.74, 6) is 0.881. The Morgan fingerprint density at radius 1 is 1.00 bits per heavy atom. The van der Waals surface area contributed by atoms with Crippen molar-refractivity contribution in [3.8, 4) is 0 Å². The Hall–Kier alpha value is -0.120. The normalized spacial score (nSPS) is 34.1. The van der Waals surface area contributed by atoms with Crippen molar-refractivity contribution < 1.29 is 0 Å². The highest BCUT2D eigenvalue weighted by Gasteiger charge is 2.20. The van der Waals surface area contributed by atoms with Crippen LogP contribution < -0.4 is 5.32 Å². The Kier molecular flexibility index (Phi) is 4.62. The molecule has 0 radical (unpaired) electrons. The zero-order chi connectivity index (χ0) is 11.4. The molecule has 2 fully saturated rings. The molecule has 2 aliphatic rings. The van der Waals surface area contributed by atoms with Crippen LogP contribution in [-0.2, 0) is 0 Å². The maximum Gasteiger partial charge on any atom is 0.0195 e. The number of nitrogens with one attached hydrogen (secondary N) is 1. The van der Waals surface area contributed by atoms with Gasteiger partial charge in [0.15, 0.2) is 0 Å². The lowest BCUT2D eigenvalue weighted by molar-refractivity contribution is 0.184. The van der Waals surface area contributed by atoms with Gasteiger partial charge in [-0.25, -0.2) is 0 Å². The molecule has 0 aliphatic carbocycles. The summed E-state index contributed by atoms with van der Waals surface area (Å²) in [6.07, 6.45) is 5.53. The molecule has 0 bridgehead atoms. The maximum atomic E-state index is 3.77. The average molecular weight is 225 g/mol. The van der Waals surface area contributed by atoms with E-state index in [4.69, 9.17) is 0 Å². The van der Waals surface area contributed by atoms with Crippen LogP contribution in [0.4, 0.5) is 0 Å². The van der Waals surface area contributed by atoms with Gasteiger partial charge < -0.3 is 15.1 Å². The average Bonchev–Trinajstić information content (AvgIpc) is 2.27. The van der Waals surface area contributed by atoms with Gasteiger partial charge in [0.2, 0.25) is 0 Å². The van der Waals surface area contributed by atoms with Crippen molar-refractivity contribution in [2.24, 2.45) is 5.92 Å². The van der Waals surface area contributed by atoms with Crippen LogP contribution in [0, 0.1) is 5.92 Å². The van der Waals surface area contributed by atoms with Gasteiger partial charge >= 0.3 is 0 Å². The van der Waals surface area contributed by atoms with E-state index in [1.807, 2.05) is 0 Å². The van der Waals surface area contributed by atoms with Crippen molar-refractivity contribution in [1.82, 2.24) is 15.1 Å². The first kappa shape index (κ1) is 12.3. The first-order valence-corrected chi connectivity index (χ1v) is 6.84. The molecule has 0 saturated carbocycles. The zero-order valence-electron chi connectivity index (χ0n) is 10.9. The molecule has 2 heterocycles. The largest absolute Gasteiger partial charge is 0.312 e. The number of rotatable bonds is 3. The molecule has 3 heteroatoms. The van der Waals surface area contributed by atoms with Crippen LogP contribution in [0.15, 0.2) is 0 Å². The van der Waals surface area contributed by atoms with Crippen molar-refractivity contribution >= 4 is 0 Å². The van der Waals surface area contributed by atoms with Crippen molar-refractivity contribution in [3.63, 3.8) is 0 Å². The van der Waals surface area contributed by atoms with E-state index < -0.39 is 0 Å². The SMILES string of the molecule is CN1CCCC(CNC2CCCN(C)C2)C1. The first-order valence-electron chi connectivity index (χ1n) is 6.84. The molecule has 0 amide bonds. The zero-order valence-corrected chi connectivity index (χ0v) is 10.9. The molecule has 16 heavy (non-hydrogen) atoms. The Balaban J connectivity index is 1.66. The minimum absolute atomic E-state index is 0.742. The molecule has 0 spiro atoms. The molecule has 0 aromatic heterocycles. The topological polar surface area (TPSA) is 18.5 Å². The van der Waals surface area contributed by atoms with Crippen molar-refractivity contribution in [3.05, 3.63) is 0 Å². The number of nitrogens with zero attached hydrogens (tertiary/aromatic N) is 2. The van der Waals surface area contributed by atoms with Crippen LogP contribution in [-0.4, -0.2) is 62.7 Å². The number of likely N-dealkylation sites (N-methyl/N-ethyl adjacent to an activating group) is 1. The summed E-state index contributed by atoms with van der Waals surface area (Å²) in [6.45, 7) is 6.33. The van der Waals surface area contributed by atoms with Crippen LogP contribution in [0.25, 0.3) is 0 Å². The van der Waals surface area contributed by atoms with Crippen LogP contribution >= 0.6 is 0 Å². The highest BCUT2D eigenvalue weighted by molar-refractivity contribution is 4.79. The molecule has 0 aromatic carbocycles. The molecule has 2 rings (SSSR count). The second-order valence-electron chi connectivity index (χ2n) is 5.78. The molecule has 2 unspecified atom stereocenters. The third kappa shape index (κ3) is 3.72. The van der Waals surface area contributed by atoms with E-state index in [0.717, 1.165) is 12.0 Å². The molecule has 2 saturated heterocycles. The van der Waals surface area contributed by atoms with Crippen molar-refractivity contribution in [2.75, 3.05) is 46.8 Å². The van der Waals surface area contributed by atoms with Gasteiger partial charge in [-0.15, -0.1) is 0 Å². The Morgan fingerprint density at radius 3 is 2.38 bits per heavy atom. The summed E-state index contributed by atoms with van der Waals surface area (Å²) in [7, 11) is 4.49. The predicted octanol–water partition coefficient (Wildman–Crippen LogP) is 1.01. The standard InChI is InChI=1S/C13H27N3/c1-15-7-3-5-12(10-15)9-14-13-6-4-8-16(2)11-13/h12-14H,3-11H2,1-2H3. The van der Waals surface area contributed by atoms with Crippen LogP contribution in [0.3, 0.4) is 0 Å². The summed E-state index contributed by atoms with van der Waals surface area (Å²) in [6, 6.07) is 0.742. The summed E-state index contributed by atoms with van der Waals surface area (Å²) in [5.41, 5.74) is 0.